The number of H-pyrrole nitrogens is 1. The summed E-state index contributed by atoms with van der Waals surface area (Å²) in [6.07, 6.45) is 1.76. The molecule has 140 valence electrons. The summed E-state index contributed by atoms with van der Waals surface area (Å²) in [6.45, 7) is 1.76. The summed E-state index contributed by atoms with van der Waals surface area (Å²) in [6, 6.07) is 11.6. The summed E-state index contributed by atoms with van der Waals surface area (Å²) in [5, 5.41) is 8.40. The molecule has 0 radical (unpaired) electrons. The Morgan fingerprint density at radius 2 is 1.81 bits per heavy atom. The molecule has 0 spiro atoms. The zero-order chi connectivity index (χ0) is 19.6. The van der Waals surface area contributed by atoms with Crippen LogP contribution in [0, 0.1) is 0 Å². The Labute approximate surface area is 164 Å². The molecule has 1 aromatic heterocycles. The van der Waals surface area contributed by atoms with Gasteiger partial charge in [0, 0.05) is 32.8 Å². The van der Waals surface area contributed by atoms with E-state index in [0.29, 0.717) is 11.4 Å². The third-order valence-corrected chi connectivity index (χ3v) is 5.69. The highest BCUT2D eigenvalue weighted by Crippen LogP contribution is 2.25. The zero-order valence-electron chi connectivity index (χ0n) is 14.3. The van der Waals surface area contributed by atoms with Gasteiger partial charge >= 0.3 is 0 Å². The van der Waals surface area contributed by atoms with Gasteiger partial charge in [-0.15, -0.1) is 5.10 Å². The second-order valence-corrected chi connectivity index (χ2v) is 8.33. The van der Waals surface area contributed by atoms with Crippen LogP contribution in [0.3, 0.4) is 0 Å². The number of rotatable bonds is 5. The van der Waals surface area contributed by atoms with Gasteiger partial charge in [0.2, 0.25) is 5.96 Å². The first-order valence-corrected chi connectivity index (χ1v) is 10.1. The van der Waals surface area contributed by atoms with E-state index in [9.17, 15) is 8.42 Å². The fourth-order valence-electron chi connectivity index (χ4n) is 2.50. The van der Waals surface area contributed by atoms with Crippen LogP contribution in [-0.2, 0) is 10.0 Å². The fraction of sp³-hybridized carbons (Fsp3) is 0.0588. The van der Waals surface area contributed by atoms with Crippen molar-refractivity contribution in [3.05, 3.63) is 58.7 Å². The molecule has 0 aliphatic rings. The summed E-state index contributed by atoms with van der Waals surface area (Å²) in [7, 11) is -3.70. The molecule has 3 aromatic rings. The lowest BCUT2D eigenvalue weighted by molar-refractivity contribution is 0.601. The molecule has 0 bridgehead atoms. The van der Waals surface area contributed by atoms with Crippen molar-refractivity contribution in [1.82, 2.24) is 4.98 Å². The maximum atomic E-state index is 12.6. The standard InChI is InChI=1S/C17H17BrN6O2S/c1-10(22-23-17(19)20)15-9-21-16-7-4-12(8-14(15)16)24-27(25,26)13-5-2-11(18)3-6-13/h2-9,21,24H,1H3,(H4,19,20,23)/b22-10-. The molecular weight excluding hydrogens is 432 g/mol. The maximum absolute atomic E-state index is 12.6. The number of fused-ring (bicyclic) bond motifs is 1. The fourth-order valence-corrected chi connectivity index (χ4v) is 3.81. The molecular formula is C17H17BrN6O2S. The van der Waals surface area contributed by atoms with Gasteiger partial charge in [-0.25, -0.2) is 8.42 Å². The lowest BCUT2D eigenvalue weighted by Crippen LogP contribution is -2.22. The topological polar surface area (TPSA) is 139 Å². The number of hydrogen-bond donors (Lipinski definition) is 4. The van der Waals surface area contributed by atoms with E-state index in [4.69, 9.17) is 11.5 Å². The predicted molar refractivity (Wildman–Crippen MR) is 111 cm³/mol. The van der Waals surface area contributed by atoms with Crippen LogP contribution in [0.4, 0.5) is 5.69 Å². The van der Waals surface area contributed by atoms with Crippen LogP contribution >= 0.6 is 15.9 Å². The normalized spacial score (nSPS) is 12.1. The first-order valence-electron chi connectivity index (χ1n) is 7.79. The number of aromatic amines is 1. The van der Waals surface area contributed by atoms with Crippen LogP contribution in [0.1, 0.15) is 12.5 Å². The van der Waals surface area contributed by atoms with Crippen molar-refractivity contribution in [1.29, 1.82) is 0 Å². The van der Waals surface area contributed by atoms with Crippen molar-refractivity contribution in [2.75, 3.05) is 4.72 Å². The molecule has 0 aliphatic heterocycles. The van der Waals surface area contributed by atoms with Crippen LogP contribution < -0.4 is 16.2 Å². The van der Waals surface area contributed by atoms with Gasteiger partial charge in [0.25, 0.3) is 10.0 Å². The van der Waals surface area contributed by atoms with Crippen molar-refractivity contribution in [2.24, 2.45) is 21.7 Å². The molecule has 6 N–H and O–H groups in total. The van der Waals surface area contributed by atoms with E-state index >= 15 is 0 Å². The van der Waals surface area contributed by atoms with E-state index in [-0.39, 0.29) is 10.9 Å². The Bertz CT molecular complexity index is 1150. The number of anilines is 1. The smallest absolute Gasteiger partial charge is 0.261 e. The Kier molecular flexibility index (Phi) is 5.19. The molecule has 0 unspecified atom stereocenters. The molecule has 27 heavy (non-hydrogen) atoms. The maximum Gasteiger partial charge on any atom is 0.261 e. The van der Waals surface area contributed by atoms with Crippen LogP contribution in [0.15, 0.2) is 68.2 Å². The molecule has 0 aliphatic carbocycles. The Hall–Kier alpha value is -2.85. The van der Waals surface area contributed by atoms with E-state index in [1.807, 2.05) is 0 Å². The largest absolute Gasteiger partial charge is 0.369 e. The van der Waals surface area contributed by atoms with E-state index in [2.05, 4.69) is 35.8 Å². The molecule has 10 heteroatoms. The van der Waals surface area contributed by atoms with Gasteiger partial charge in [-0.1, -0.05) is 15.9 Å². The van der Waals surface area contributed by atoms with E-state index < -0.39 is 10.0 Å². The van der Waals surface area contributed by atoms with Crippen LogP contribution in [-0.4, -0.2) is 25.1 Å². The number of nitrogens with zero attached hydrogens (tertiary/aromatic N) is 2. The number of sulfonamides is 1. The lowest BCUT2D eigenvalue weighted by Gasteiger charge is -2.09. The number of nitrogens with one attached hydrogen (secondary N) is 2. The van der Waals surface area contributed by atoms with Gasteiger partial charge in [-0.05, 0) is 49.4 Å². The third kappa shape index (κ3) is 4.29. The molecule has 2 aromatic carbocycles. The molecule has 0 saturated heterocycles. The Morgan fingerprint density at radius 3 is 2.48 bits per heavy atom. The molecule has 3 rings (SSSR count). The first-order chi connectivity index (χ1) is 12.8. The van der Waals surface area contributed by atoms with Crippen LogP contribution in [0.5, 0.6) is 0 Å². The molecule has 1 heterocycles. The highest BCUT2D eigenvalue weighted by molar-refractivity contribution is 9.10. The Balaban J connectivity index is 1.97. The minimum atomic E-state index is -3.70. The van der Waals surface area contributed by atoms with Gasteiger partial charge in [-0.3, -0.25) is 4.72 Å². The summed E-state index contributed by atoms with van der Waals surface area (Å²) >= 11 is 3.29. The number of nitrogens with two attached hydrogens (primary N) is 2. The number of halogens is 1. The Morgan fingerprint density at radius 1 is 1.11 bits per heavy atom. The van der Waals surface area contributed by atoms with Crippen molar-refractivity contribution in [3.63, 3.8) is 0 Å². The van der Waals surface area contributed by atoms with Crippen molar-refractivity contribution < 1.29 is 8.42 Å². The highest BCUT2D eigenvalue weighted by atomic mass is 79.9. The minimum Gasteiger partial charge on any atom is -0.369 e. The van der Waals surface area contributed by atoms with Crippen molar-refractivity contribution >= 4 is 54.2 Å². The minimum absolute atomic E-state index is 0.142. The summed E-state index contributed by atoms with van der Waals surface area (Å²) in [5.74, 6) is -0.142. The molecule has 0 amide bonds. The quantitative estimate of drug-likeness (QED) is 0.270. The van der Waals surface area contributed by atoms with Gasteiger partial charge in [0.05, 0.1) is 10.6 Å². The van der Waals surface area contributed by atoms with Gasteiger partial charge in [-0.2, -0.15) is 5.10 Å². The number of hydrogen-bond acceptors (Lipinski definition) is 4. The van der Waals surface area contributed by atoms with Crippen molar-refractivity contribution in [3.8, 4) is 0 Å². The first kappa shape index (κ1) is 18.9. The third-order valence-electron chi connectivity index (χ3n) is 3.76. The second-order valence-electron chi connectivity index (χ2n) is 5.73. The molecule has 0 fully saturated rings. The SMILES string of the molecule is C/C(=N/N=C(N)N)c1c[nH]c2ccc(NS(=O)(=O)c3ccc(Br)cc3)cc12. The summed E-state index contributed by atoms with van der Waals surface area (Å²) in [5.41, 5.74) is 13.2. The summed E-state index contributed by atoms with van der Waals surface area (Å²) in [4.78, 5) is 3.28. The van der Waals surface area contributed by atoms with Crippen LogP contribution in [0.2, 0.25) is 0 Å². The zero-order valence-corrected chi connectivity index (χ0v) is 16.7. The van der Waals surface area contributed by atoms with E-state index in [1.54, 1.807) is 43.5 Å². The molecule has 0 saturated carbocycles. The number of guanidine groups is 1. The highest BCUT2D eigenvalue weighted by Gasteiger charge is 2.15. The second kappa shape index (κ2) is 7.41. The van der Waals surface area contributed by atoms with E-state index in [1.165, 1.54) is 12.1 Å². The van der Waals surface area contributed by atoms with Crippen molar-refractivity contribution in [2.45, 2.75) is 11.8 Å². The molecule has 0 atom stereocenters. The van der Waals surface area contributed by atoms with Gasteiger partial charge in [0.1, 0.15) is 0 Å². The van der Waals surface area contributed by atoms with Gasteiger partial charge < -0.3 is 16.5 Å². The molecule has 8 nitrogen and oxygen atoms in total. The van der Waals surface area contributed by atoms with Crippen LogP contribution in [0.25, 0.3) is 10.9 Å². The number of aromatic nitrogens is 1. The average Bonchev–Trinajstić information content (AvgIpc) is 3.03. The van der Waals surface area contributed by atoms with Gasteiger partial charge in [0.15, 0.2) is 0 Å². The predicted octanol–water partition coefficient (Wildman–Crippen LogP) is 2.73. The summed E-state index contributed by atoms with van der Waals surface area (Å²) < 4.78 is 28.5. The van der Waals surface area contributed by atoms with E-state index in [0.717, 1.165) is 20.9 Å². The lowest BCUT2D eigenvalue weighted by atomic mass is 10.1. The average molecular weight is 449 g/mol. The monoisotopic (exact) mass is 448 g/mol. The number of benzene rings is 2.